The van der Waals surface area contributed by atoms with Crippen LogP contribution in [0.2, 0.25) is 0 Å². The van der Waals surface area contributed by atoms with E-state index in [1.54, 1.807) is 6.33 Å². The molecule has 3 aromatic rings. The molecule has 3 aromatic heterocycles. The van der Waals surface area contributed by atoms with E-state index >= 15 is 0 Å². The molecule has 0 radical (unpaired) electrons. The summed E-state index contributed by atoms with van der Waals surface area (Å²) in [4.78, 5) is 16.8. The van der Waals surface area contributed by atoms with Gasteiger partial charge in [0.25, 0.3) is 5.78 Å². The number of aryl methyl sites for hydroxylation is 1. The third-order valence-electron chi connectivity index (χ3n) is 2.33. The largest absolute Gasteiger partial charge is 0.368 e. The third kappa shape index (κ3) is 1.68. The van der Waals surface area contributed by atoms with Crippen LogP contribution in [-0.4, -0.2) is 40.4 Å². The first-order chi connectivity index (χ1) is 8.67. The van der Waals surface area contributed by atoms with Gasteiger partial charge in [0.2, 0.25) is 11.8 Å². The van der Waals surface area contributed by atoms with Crippen LogP contribution >= 0.6 is 11.8 Å². The topological polar surface area (TPSA) is 99.8 Å². The molecule has 0 atom stereocenters. The molecule has 0 fully saturated rings. The lowest BCUT2D eigenvalue weighted by Gasteiger charge is -1.97. The Bertz CT molecular complexity index is 715. The van der Waals surface area contributed by atoms with Gasteiger partial charge in [0.15, 0.2) is 5.16 Å². The van der Waals surface area contributed by atoms with Crippen LogP contribution in [0.1, 0.15) is 0 Å². The van der Waals surface area contributed by atoms with Gasteiger partial charge in [-0.25, -0.2) is 4.98 Å². The van der Waals surface area contributed by atoms with E-state index in [0.29, 0.717) is 22.5 Å². The molecule has 0 aliphatic carbocycles. The number of fused-ring (bicyclic) bond motifs is 1. The molecule has 2 N–H and O–H groups in total. The summed E-state index contributed by atoms with van der Waals surface area (Å²) >= 11 is 1.40. The Morgan fingerprint density at radius 2 is 2.11 bits per heavy atom. The average molecular weight is 262 g/mol. The maximum atomic E-state index is 5.80. The first-order valence-electron chi connectivity index (χ1n) is 5.10. The van der Waals surface area contributed by atoms with Crippen molar-refractivity contribution in [1.29, 1.82) is 0 Å². The molecular weight excluding hydrogens is 252 g/mol. The van der Waals surface area contributed by atoms with E-state index in [2.05, 4.69) is 25.0 Å². The number of nitrogens with two attached hydrogens (primary N) is 1. The molecule has 0 aliphatic heterocycles. The smallest absolute Gasteiger partial charge is 0.258 e. The second-order valence-electron chi connectivity index (χ2n) is 3.64. The standard InChI is InChI=1S/C9H10N8S/c1-16-3-5(11-4-16)6-12-8-14-9(18-2)13-7(10)17(8)15-6/h3-4H,1-2H3,(H2,10,12,13,14,15). The molecular formula is C9H10N8S. The lowest BCUT2D eigenvalue weighted by atomic mass is 10.5. The second-order valence-corrected chi connectivity index (χ2v) is 4.41. The van der Waals surface area contributed by atoms with Gasteiger partial charge in [-0.15, -0.1) is 5.10 Å². The molecule has 18 heavy (non-hydrogen) atoms. The zero-order valence-corrected chi connectivity index (χ0v) is 10.6. The number of rotatable bonds is 2. The van der Waals surface area contributed by atoms with Crippen LogP contribution in [-0.2, 0) is 7.05 Å². The van der Waals surface area contributed by atoms with Crippen molar-refractivity contribution < 1.29 is 0 Å². The molecule has 0 aliphatic rings. The van der Waals surface area contributed by atoms with E-state index < -0.39 is 0 Å². The van der Waals surface area contributed by atoms with Crippen LogP contribution in [0.5, 0.6) is 0 Å². The maximum absolute atomic E-state index is 5.80. The zero-order valence-electron chi connectivity index (χ0n) is 9.77. The number of anilines is 1. The highest BCUT2D eigenvalue weighted by Gasteiger charge is 2.13. The number of thioether (sulfide) groups is 1. The Kier molecular flexibility index (Phi) is 2.40. The van der Waals surface area contributed by atoms with E-state index in [-0.39, 0.29) is 5.95 Å². The number of hydrogen-bond acceptors (Lipinski definition) is 7. The second kappa shape index (κ2) is 3.95. The highest BCUT2D eigenvalue weighted by Crippen LogP contribution is 2.16. The minimum atomic E-state index is 0.263. The lowest BCUT2D eigenvalue weighted by Crippen LogP contribution is -2.04. The van der Waals surface area contributed by atoms with Crippen molar-refractivity contribution in [2.45, 2.75) is 5.16 Å². The summed E-state index contributed by atoms with van der Waals surface area (Å²) in [7, 11) is 1.88. The molecule has 92 valence electrons. The maximum Gasteiger partial charge on any atom is 0.258 e. The Morgan fingerprint density at radius 1 is 1.28 bits per heavy atom. The average Bonchev–Trinajstić information content (AvgIpc) is 2.94. The van der Waals surface area contributed by atoms with Crippen LogP contribution in [0, 0.1) is 0 Å². The predicted octanol–water partition coefficient (Wildman–Crippen LogP) is 0.224. The number of aromatic nitrogens is 7. The van der Waals surface area contributed by atoms with Gasteiger partial charge in [0.1, 0.15) is 5.69 Å². The fourth-order valence-corrected chi connectivity index (χ4v) is 1.87. The Balaban J connectivity index is 2.19. The summed E-state index contributed by atoms with van der Waals surface area (Å²) < 4.78 is 3.23. The van der Waals surface area contributed by atoms with E-state index in [0.717, 1.165) is 0 Å². The number of nitrogen functional groups attached to an aromatic ring is 1. The van der Waals surface area contributed by atoms with Gasteiger partial charge >= 0.3 is 0 Å². The summed E-state index contributed by atoms with van der Waals surface area (Å²) in [6.45, 7) is 0. The Hall–Kier alpha value is -2.16. The summed E-state index contributed by atoms with van der Waals surface area (Å²) in [6, 6.07) is 0. The third-order valence-corrected chi connectivity index (χ3v) is 2.88. The zero-order chi connectivity index (χ0) is 12.7. The molecule has 0 aromatic carbocycles. The summed E-state index contributed by atoms with van der Waals surface area (Å²) in [5.74, 6) is 1.17. The van der Waals surface area contributed by atoms with Gasteiger partial charge in [-0.1, -0.05) is 11.8 Å². The van der Waals surface area contributed by atoms with Crippen molar-refractivity contribution in [1.82, 2.24) is 34.1 Å². The van der Waals surface area contributed by atoms with Crippen LogP contribution < -0.4 is 5.73 Å². The Morgan fingerprint density at radius 3 is 2.78 bits per heavy atom. The Labute approximate surface area is 106 Å². The van der Waals surface area contributed by atoms with Crippen molar-refractivity contribution >= 4 is 23.5 Å². The summed E-state index contributed by atoms with van der Waals surface area (Å²) in [6.07, 6.45) is 5.39. The van der Waals surface area contributed by atoms with E-state index in [1.807, 2.05) is 24.1 Å². The molecule has 8 nitrogen and oxygen atoms in total. The summed E-state index contributed by atoms with van der Waals surface area (Å²) in [5, 5.41) is 4.81. The first-order valence-corrected chi connectivity index (χ1v) is 6.32. The fraction of sp³-hybridized carbons (Fsp3) is 0.222. The number of imidazole rings is 1. The van der Waals surface area contributed by atoms with Crippen molar-refractivity contribution in [2.75, 3.05) is 12.0 Å². The summed E-state index contributed by atoms with van der Waals surface area (Å²) in [5.41, 5.74) is 6.47. The molecule has 0 bridgehead atoms. The van der Waals surface area contributed by atoms with Gasteiger partial charge < -0.3 is 10.3 Å². The van der Waals surface area contributed by atoms with Gasteiger partial charge in [0, 0.05) is 13.2 Å². The fourth-order valence-electron chi connectivity index (χ4n) is 1.51. The van der Waals surface area contributed by atoms with Crippen LogP contribution in [0.15, 0.2) is 17.7 Å². The normalized spacial score (nSPS) is 11.2. The molecule has 3 rings (SSSR count). The molecule has 0 unspecified atom stereocenters. The van der Waals surface area contributed by atoms with Crippen LogP contribution in [0.25, 0.3) is 17.3 Å². The molecule has 3 heterocycles. The van der Waals surface area contributed by atoms with Crippen LogP contribution in [0.4, 0.5) is 5.95 Å². The molecule has 0 saturated heterocycles. The van der Waals surface area contributed by atoms with Crippen molar-refractivity contribution in [2.24, 2.45) is 7.05 Å². The van der Waals surface area contributed by atoms with E-state index in [4.69, 9.17) is 5.73 Å². The predicted molar refractivity (Wildman–Crippen MR) is 67.0 cm³/mol. The lowest BCUT2D eigenvalue weighted by molar-refractivity contribution is 0.850. The SMILES string of the molecule is CSc1nc(N)n2nc(-c3cn(C)cn3)nc2n1. The van der Waals surface area contributed by atoms with Gasteiger partial charge in [-0.3, -0.25) is 0 Å². The number of nitrogens with zero attached hydrogens (tertiary/aromatic N) is 7. The number of hydrogen-bond donors (Lipinski definition) is 1. The minimum absolute atomic E-state index is 0.263. The molecule has 9 heteroatoms. The van der Waals surface area contributed by atoms with E-state index in [9.17, 15) is 0 Å². The van der Waals surface area contributed by atoms with Crippen LogP contribution in [0.3, 0.4) is 0 Å². The first kappa shape index (κ1) is 11.0. The van der Waals surface area contributed by atoms with Crippen molar-refractivity contribution in [3.8, 4) is 11.5 Å². The van der Waals surface area contributed by atoms with Crippen molar-refractivity contribution in [3.63, 3.8) is 0 Å². The molecule has 0 spiro atoms. The molecule has 0 amide bonds. The van der Waals surface area contributed by atoms with Crippen molar-refractivity contribution in [3.05, 3.63) is 12.5 Å². The monoisotopic (exact) mass is 262 g/mol. The molecule has 0 saturated carbocycles. The van der Waals surface area contributed by atoms with E-state index in [1.165, 1.54) is 16.3 Å². The van der Waals surface area contributed by atoms with Gasteiger partial charge in [-0.05, 0) is 6.26 Å². The highest BCUT2D eigenvalue weighted by molar-refractivity contribution is 7.98. The van der Waals surface area contributed by atoms with Gasteiger partial charge in [0.05, 0.1) is 6.33 Å². The minimum Gasteiger partial charge on any atom is -0.368 e. The quantitative estimate of drug-likeness (QED) is 0.659. The van der Waals surface area contributed by atoms with Gasteiger partial charge in [-0.2, -0.15) is 19.5 Å². The highest BCUT2D eigenvalue weighted by atomic mass is 32.2.